The van der Waals surface area contributed by atoms with Gasteiger partial charge in [-0.2, -0.15) is 0 Å². The normalized spacial score (nSPS) is 12.6. The van der Waals surface area contributed by atoms with Crippen molar-refractivity contribution in [2.24, 2.45) is 0 Å². The quantitative estimate of drug-likeness (QED) is 0.206. The molecule has 6 nitrogen and oxygen atoms in total. The zero-order chi connectivity index (χ0) is 27.6. The Morgan fingerprint density at radius 2 is 1.82 bits per heavy atom. The Labute approximate surface area is 235 Å². The fourth-order valence-electron chi connectivity index (χ4n) is 4.64. The fraction of sp³-hybridized carbons (Fsp3) is 0.250. The van der Waals surface area contributed by atoms with Crippen molar-refractivity contribution in [1.82, 2.24) is 19.9 Å². The van der Waals surface area contributed by atoms with Gasteiger partial charge in [0.05, 0.1) is 11.0 Å². The number of halogens is 1. The SMILES string of the molecule is CC(c1ccc2nc(Nc3cccnc3Oc3ccccc3C(C)(C)C)[nH]c2c1)N(C)Cc1cccc(Cl)c1. The molecule has 0 aliphatic rings. The van der Waals surface area contributed by atoms with Crippen LogP contribution < -0.4 is 10.1 Å². The molecule has 39 heavy (non-hydrogen) atoms. The Bertz CT molecular complexity index is 1590. The fourth-order valence-corrected chi connectivity index (χ4v) is 4.85. The number of hydrogen-bond donors (Lipinski definition) is 2. The maximum Gasteiger partial charge on any atom is 0.243 e. The Kier molecular flexibility index (Phi) is 7.60. The smallest absolute Gasteiger partial charge is 0.243 e. The number of fused-ring (bicyclic) bond motifs is 1. The van der Waals surface area contributed by atoms with Crippen LogP contribution in [-0.4, -0.2) is 26.9 Å². The summed E-state index contributed by atoms with van der Waals surface area (Å²) < 4.78 is 6.32. The van der Waals surface area contributed by atoms with Crippen molar-refractivity contribution in [3.8, 4) is 11.6 Å². The van der Waals surface area contributed by atoms with E-state index < -0.39 is 0 Å². The minimum Gasteiger partial charge on any atom is -0.437 e. The number of rotatable bonds is 8. The summed E-state index contributed by atoms with van der Waals surface area (Å²) >= 11 is 6.18. The predicted molar refractivity (Wildman–Crippen MR) is 160 cm³/mol. The lowest BCUT2D eigenvalue weighted by Crippen LogP contribution is -2.21. The van der Waals surface area contributed by atoms with Crippen LogP contribution in [0.2, 0.25) is 5.02 Å². The van der Waals surface area contributed by atoms with Gasteiger partial charge in [0.25, 0.3) is 0 Å². The molecule has 0 saturated carbocycles. The third-order valence-corrected chi connectivity index (χ3v) is 7.13. The van der Waals surface area contributed by atoms with Crippen LogP contribution in [0.4, 0.5) is 11.6 Å². The molecule has 0 aliphatic heterocycles. The molecular formula is C32H34ClN5O. The van der Waals surface area contributed by atoms with Crippen molar-refractivity contribution < 1.29 is 4.74 Å². The second kappa shape index (κ2) is 11.1. The molecule has 200 valence electrons. The number of aromatic amines is 1. The maximum atomic E-state index is 6.32. The highest BCUT2D eigenvalue weighted by molar-refractivity contribution is 6.30. The Morgan fingerprint density at radius 1 is 1.00 bits per heavy atom. The molecule has 0 spiro atoms. The van der Waals surface area contributed by atoms with Crippen LogP contribution in [0.25, 0.3) is 11.0 Å². The number of anilines is 2. The largest absolute Gasteiger partial charge is 0.437 e. The van der Waals surface area contributed by atoms with Gasteiger partial charge in [0.2, 0.25) is 11.8 Å². The summed E-state index contributed by atoms with van der Waals surface area (Å²) in [5.41, 5.74) is 6.02. The van der Waals surface area contributed by atoms with Crippen molar-refractivity contribution in [2.75, 3.05) is 12.4 Å². The molecule has 0 aliphatic carbocycles. The summed E-state index contributed by atoms with van der Waals surface area (Å²) in [7, 11) is 2.12. The number of benzene rings is 3. The van der Waals surface area contributed by atoms with Crippen molar-refractivity contribution in [3.05, 3.63) is 107 Å². The second-order valence-corrected chi connectivity index (χ2v) is 11.3. The lowest BCUT2D eigenvalue weighted by atomic mass is 9.86. The average Bonchev–Trinajstić information content (AvgIpc) is 3.30. The maximum absolute atomic E-state index is 6.32. The Balaban J connectivity index is 1.35. The number of para-hydroxylation sites is 1. The molecule has 1 unspecified atom stereocenters. The summed E-state index contributed by atoms with van der Waals surface area (Å²) in [6.45, 7) is 9.52. The number of hydrogen-bond acceptors (Lipinski definition) is 5. The van der Waals surface area contributed by atoms with Crippen LogP contribution in [0.1, 0.15) is 50.4 Å². The Hall–Kier alpha value is -3.87. The highest BCUT2D eigenvalue weighted by Crippen LogP contribution is 2.36. The third-order valence-electron chi connectivity index (χ3n) is 6.90. The predicted octanol–water partition coefficient (Wildman–Crippen LogP) is 8.64. The van der Waals surface area contributed by atoms with Gasteiger partial charge in [-0.1, -0.05) is 68.8 Å². The van der Waals surface area contributed by atoms with Gasteiger partial charge in [0.1, 0.15) is 11.4 Å². The summed E-state index contributed by atoms with van der Waals surface area (Å²) in [4.78, 5) is 15.0. The minimum atomic E-state index is -0.0608. The van der Waals surface area contributed by atoms with Gasteiger partial charge < -0.3 is 15.0 Å². The minimum absolute atomic E-state index is 0.0608. The van der Waals surface area contributed by atoms with Crippen molar-refractivity contribution >= 4 is 34.3 Å². The molecule has 3 aromatic carbocycles. The molecule has 0 bridgehead atoms. The van der Waals surface area contributed by atoms with Crippen LogP contribution in [0.5, 0.6) is 11.6 Å². The highest BCUT2D eigenvalue weighted by Gasteiger charge is 2.20. The molecule has 2 aromatic heterocycles. The van der Waals surface area contributed by atoms with E-state index >= 15 is 0 Å². The van der Waals surface area contributed by atoms with E-state index in [1.807, 2.05) is 48.5 Å². The number of pyridine rings is 1. The molecule has 5 rings (SSSR count). The van der Waals surface area contributed by atoms with Crippen LogP contribution in [0.15, 0.2) is 85.1 Å². The average molecular weight is 540 g/mol. The number of nitrogens with zero attached hydrogens (tertiary/aromatic N) is 3. The van der Waals surface area contributed by atoms with Gasteiger partial charge in [-0.15, -0.1) is 0 Å². The highest BCUT2D eigenvalue weighted by atomic mass is 35.5. The van der Waals surface area contributed by atoms with Gasteiger partial charge in [-0.05, 0) is 73.0 Å². The summed E-state index contributed by atoms with van der Waals surface area (Å²) in [5, 5.41) is 4.13. The number of nitrogens with one attached hydrogen (secondary N) is 2. The molecule has 1 atom stereocenters. The van der Waals surface area contributed by atoms with Crippen LogP contribution in [-0.2, 0) is 12.0 Å². The monoisotopic (exact) mass is 539 g/mol. The van der Waals surface area contributed by atoms with Crippen molar-refractivity contribution in [3.63, 3.8) is 0 Å². The topological polar surface area (TPSA) is 66.1 Å². The Morgan fingerprint density at radius 3 is 2.62 bits per heavy atom. The third kappa shape index (κ3) is 6.24. The molecule has 0 radical (unpaired) electrons. The molecule has 5 aromatic rings. The number of aromatic nitrogens is 3. The van der Waals surface area contributed by atoms with Crippen LogP contribution in [0, 0.1) is 0 Å². The van der Waals surface area contributed by atoms with E-state index in [9.17, 15) is 0 Å². The summed E-state index contributed by atoms with van der Waals surface area (Å²) in [5.74, 6) is 1.91. The molecule has 2 N–H and O–H groups in total. The van der Waals surface area contributed by atoms with E-state index in [1.54, 1.807) is 6.20 Å². The van der Waals surface area contributed by atoms with Crippen LogP contribution in [0.3, 0.4) is 0 Å². The lowest BCUT2D eigenvalue weighted by Gasteiger charge is -2.25. The zero-order valence-corrected chi connectivity index (χ0v) is 23.8. The standard InChI is InChI=1S/C32H34ClN5O/c1-21(38(5)20-22-10-8-11-24(33)18-22)23-15-16-26-28(19-23)37-31(35-26)36-27-13-9-17-34-30(27)39-29-14-7-6-12-25(29)32(2,3)4/h6-19,21H,20H2,1-5H3,(H2,35,36,37). The van der Waals surface area contributed by atoms with Crippen molar-refractivity contribution in [2.45, 2.75) is 45.7 Å². The molecule has 0 fully saturated rings. The van der Waals surface area contributed by atoms with Gasteiger partial charge in [-0.25, -0.2) is 9.97 Å². The number of H-pyrrole nitrogens is 1. The van der Waals surface area contributed by atoms with Gasteiger partial charge in [0, 0.05) is 29.4 Å². The van der Waals surface area contributed by atoms with E-state index in [2.05, 4.69) is 85.3 Å². The van der Waals surface area contributed by atoms with Gasteiger partial charge in [-0.3, -0.25) is 4.90 Å². The van der Waals surface area contributed by atoms with E-state index in [4.69, 9.17) is 21.3 Å². The van der Waals surface area contributed by atoms with Gasteiger partial charge >= 0.3 is 0 Å². The first-order valence-electron chi connectivity index (χ1n) is 13.1. The molecule has 0 amide bonds. The second-order valence-electron chi connectivity index (χ2n) is 10.9. The van der Waals surface area contributed by atoms with Gasteiger partial charge in [0.15, 0.2) is 0 Å². The lowest BCUT2D eigenvalue weighted by molar-refractivity contribution is 0.253. The van der Waals surface area contributed by atoms with E-state index in [-0.39, 0.29) is 11.5 Å². The zero-order valence-electron chi connectivity index (χ0n) is 23.0. The van der Waals surface area contributed by atoms with Crippen LogP contribution >= 0.6 is 11.6 Å². The van der Waals surface area contributed by atoms with Crippen molar-refractivity contribution in [1.29, 1.82) is 0 Å². The first-order chi connectivity index (χ1) is 18.7. The molecule has 7 heteroatoms. The summed E-state index contributed by atoms with van der Waals surface area (Å²) in [6.07, 6.45) is 1.73. The van der Waals surface area contributed by atoms with E-state index in [0.717, 1.165) is 39.6 Å². The van der Waals surface area contributed by atoms with E-state index in [1.165, 1.54) is 11.1 Å². The first-order valence-corrected chi connectivity index (χ1v) is 13.5. The van der Waals surface area contributed by atoms with E-state index in [0.29, 0.717) is 11.8 Å². The summed E-state index contributed by atoms with van der Waals surface area (Å²) in [6, 6.07) is 26.4. The number of imidazole rings is 1. The number of ether oxygens (including phenoxy) is 1. The molecular weight excluding hydrogens is 506 g/mol. The molecule has 2 heterocycles. The first kappa shape index (κ1) is 26.7. The molecule has 0 saturated heterocycles.